The van der Waals surface area contributed by atoms with Crippen LogP contribution < -0.4 is 5.73 Å². The number of hydrogen-bond donors (Lipinski definition) is 1. The molecule has 0 saturated carbocycles. The van der Waals surface area contributed by atoms with Gasteiger partial charge in [0.2, 0.25) is 0 Å². The highest BCUT2D eigenvalue weighted by molar-refractivity contribution is 14.1. The van der Waals surface area contributed by atoms with Crippen LogP contribution >= 0.6 is 35.0 Å². The minimum absolute atomic E-state index is 0. The molecule has 0 atom stereocenters. The number of nitrogens with two attached hydrogens (primary N) is 1. The van der Waals surface area contributed by atoms with Crippen molar-refractivity contribution in [2.24, 2.45) is 5.73 Å². The first-order chi connectivity index (χ1) is 4.74. The molecule has 0 aliphatic heterocycles. The van der Waals surface area contributed by atoms with Gasteiger partial charge >= 0.3 is 0 Å². The molecule has 0 heterocycles. The van der Waals surface area contributed by atoms with E-state index >= 15 is 0 Å². The summed E-state index contributed by atoms with van der Waals surface area (Å²) in [6.45, 7) is 2.72. The average molecular weight is 284 g/mol. The Labute approximate surface area is 86.9 Å². The van der Waals surface area contributed by atoms with Crippen LogP contribution in [0.15, 0.2) is 18.2 Å². The van der Waals surface area contributed by atoms with Crippen molar-refractivity contribution in [3.63, 3.8) is 0 Å². The molecule has 0 saturated heterocycles. The molecule has 11 heavy (non-hydrogen) atoms. The lowest BCUT2D eigenvalue weighted by Crippen LogP contribution is -1.98. The van der Waals surface area contributed by atoms with E-state index in [-0.39, 0.29) is 12.4 Å². The lowest BCUT2D eigenvalue weighted by Gasteiger charge is -2.01. The summed E-state index contributed by atoms with van der Waals surface area (Å²) in [5, 5.41) is 0. The zero-order valence-corrected chi connectivity index (χ0v) is 9.28. The van der Waals surface area contributed by atoms with Gasteiger partial charge in [-0.15, -0.1) is 12.4 Å². The summed E-state index contributed by atoms with van der Waals surface area (Å²) in [5.41, 5.74) is 8.04. The van der Waals surface area contributed by atoms with Gasteiger partial charge in [0.1, 0.15) is 0 Å². The highest BCUT2D eigenvalue weighted by atomic mass is 127. The van der Waals surface area contributed by atoms with Crippen LogP contribution in [0.5, 0.6) is 0 Å². The van der Waals surface area contributed by atoms with Crippen LogP contribution in [0.3, 0.4) is 0 Å². The van der Waals surface area contributed by atoms with E-state index in [9.17, 15) is 0 Å². The van der Waals surface area contributed by atoms with Gasteiger partial charge in [0.25, 0.3) is 0 Å². The molecule has 62 valence electrons. The van der Waals surface area contributed by atoms with Gasteiger partial charge < -0.3 is 5.73 Å². The fourth-order valence-corrected chi connectivity index (χ4v) is 1.42. The second-order valence-corrected chi connectivity index (χ2v) is 3.52. The Morgan fingerprint density at radius 2 is 2.09 bits per heavy atom. The lowest BCUT2D eigenvalue weighted by molar-refractivity contribution is 1.05. The van der Waals surface area contributed by atoms with Crippen molar-refractivity contribution in [2.75, 3.05) is 0 Å². The summed E-state index contributed by atoms with van der Waals surface area (Å²) >= 11 is 2.29. The van der Waals surface area contributed by atoms with E-state index in [2.05, 4.69) is 47.7 Å². The molecule has 0 unspecified atom stereocenters. The Hall–Kier alpha value is 0.200. The maximum absolute atomic E-state index is 5.52. The van der Waals surface area contributed by atoms with E-state index in [0.29, 0.717) is 6.54 Å². The number of halogens is 2. The van der Waals surface area contributed by atoms with Crippen molar-refractivity contribution in [3.8, 4) is 0 Å². The van der Waals surface area contributed by atoms with Crippen LogP contribution in [0, 0.1) is 10.5 Å². The molecule has 0 spiro atoms. The number of aryl methyl sites for hydroxylation is 1. The van der Waals surface area contributed by atoms with Gasteiger partial charge in [-0.3, -0.25) is 0 Å². The highest BCUT2D eigenvalue weighted by Crippen LogP contribution is 2.11. The van der Waals surface area contributed by atoms with Gasteiger partial charge in [-0.1, -0.05) is 6.07 Å². The zero-order valence-electron chi connectivity index (χ0n) is 6.30. The predicted molar refractivity (Wildman–Crippen MR) is 59.0 cm³/mol. The molecule has 0 bridgehead atoms. The molecular weight excluding hydrogens is 272 g/mol. The van der Waals surface area contributed by atoms with E-state index in [0.717, 1.165) is 0 Å². The first-order valence-corrected chi connectivity index (χ1v) is 4.27. The molecule has 0 aromatic heterocycles. The predicted octanol–water partition coefficient (Wildman–Crippen LogP) is 2.48. The molecule has 0 aliphatic rings. The number of rotatable bonds is 1. The molecule has 0 fully saturated rings. The monoisotopic (exact) mass is 283 g/mol. The van der Waals surface area contributed by atoms with Gasteiger partial charge in [-0.2, -0.15) is 0 Å². The van der Waals surface area contributed by atoms with Gasteiger partial charge in [0, 0.05) is 10.1 Å². The molecule has 1 nitrogen and oxygen atoms in total. The highest BCUT2D eigenvalue weighted by Gasteiger charge is 1.94. The Morgan fingerprint density at radius 1 is 1.45 bits per heavy atom. The van der Waals surface area contributed by atoms with Crippen LogP contribution in [0.1, 0.15) is 11.1 Å². The lowest BCUT2D eigenvalue weighted by atomic mass is 10.1. The topological polar surface area (TPSA) is 26.0 Å². The Kier molecular flexibility index (Phi) is 5.04. The third kappa shape index (κ3) is 2.97. The summed E-state index contributed by atoms with van der Waals surface area (Å²) in [4.78, 5) is 0. The van der Waals surface area contributed by atoms with Crippen LogP contribution in [0.25, 0.3) is 0 Å². The fraction of sp³-hybridized carbons (Fsp3) is 0.250. The second-order valence-electron chi connectivity index (χ2n) is 2.27. The maximum Gasteiger partial charge on any atom is 0.0181 e. The molecular formula is C8H11ClIN. The van der Waals surface area contributed by atoms with Crippen LogP contribution in [-0.4, -0.2) is 0 Å². The molecule has 0 amide bonds. The third-order valence-corrected chi connectivity index (χ3v) is 2.20. The van der Waals surface area contributed by atoms with Crippen molar-refractivity contribution in [1.29, 1.82) is 0 Å². The van der Waals surface area contributed by atoms with E-state index in [4.69, 9.17) is 5.73 Å². The van der Waals surface area contributed by atoms with E-state index in [1.54, 1.807) is 0 Å². The quantitative estimate of drug-likeness (QED) is 0.787. The molecule has 0 radical (unpaired) electrons. The summed E-state index contributed by atoms with van der Waals surface area (Å²) in [6, 6.07) is 6.31. The molecule has 2 N–H and O–H groups in total. The van der Waals surface area contributed by atoms with Crippen molar-refractivity contribution in [2.45, 2.75) is 13.5 Å². The van der Waals surface area contributed by atoms with Gasteiger partial charge in [-0.05, 0) is 52.8 Å². The Morgan fingerprint density at radius 3 is 2.55 bits per heavy atom. The molecule has 1 aromatic rings. The average Bonchev–Trinajstić information content (AvgIpc) is 1.94. The van der Waals surface area contributed by atoms with Gasteiger partial charge in [-0.25, -0.2) is 0 Å². The number of benzene rings is 1. The van der Waals surface area contributed by atoms with Crippen LogP contribution in [0.4, 0.5) is 0 Å². The minimum Gasteiger partial charge on any atom is -0.326 e. The third-order valence-electron chi connectivity index (χ3n) is 1.53. The summed E-state index contributed by atoms with van der Waals surface area (Å²) < 4.78 is 1.25. The van der Waals surface area contributed by atoms with Crippen LogP contribution in [0.2, 0.25) is 0 Å². The Balaban J connectivity index is 0.000001000. The van der Waals surface area contributed by atoms with E-state index in [1.165, 1.54) is 14.7 Å². The number of hydrogen-bond acceptors (Lipinski definition) is 1. The van der Waals surface area contributed by atoms with Gasteiger partial charge in [0.15, 0.2) is 0 Å². The van der Waals surface area contributed by atoms with Crippen molar-refractivity contribution >= 4 is 35.0 Å². The summed E-state index contributed by atoms with van der Waals surface area (Å²) in [6.07, 6.45) is 0. The normalized spacial score (nSPS) is 9.00. The second kappa shape index (κ2) is 4.95. The summed E-state index contributed by atoms with van der Waals surface area (Å²) in [7, 11) is 0. The molecule has 1 aromatic carbocycles. The largest absolute Gasteiger partial charge is 0.326 e. The first-order valence-electron chi connectivity index (χ1n) is 3.19. The fourth-order valence-electron chi connectivity index (χ4n) is 0.860. The molecule has 0 aliphatic carbocycles. The maximum atomic E-state index is 5.52. The standard InChI is InChI=1S/C8H10IN.ClH/c1-6-2-3-8(9)4-7(6)5-10;/h2-4H,5,10H2,1H3;1H. The smallest absolute Gasteiger partial charge is 0.0181 e. The van der Waals surface area contributed by atoms with Crippen molar-refractivity contribution in [3.05, 3.63) is 32.9 Å². The van der Waals surface area contributed by atoms with Crippen molar-refractivity contribution in [1.82, 2.24) is 0 Å². The summed E-state index contributed by atoms with van der Waals surface area (Å²) in [5.74, 6) is 0. The van der Waals surface area contributed by atoms with Crippen molar-refractivity contribution < 1.29 is 0 Å². The zero-order chi connectivity index (χ0) is 7.56. The van der Waals surface area contributed by atoms with Gasteiger partial charge in [0.05, 0.1) is 0 Å². The van der Waals surface area contributed by atoms with Crippen LogP contribution in [-0.2, 0) is 6.54 Å². The minimum atomic E-state index is 0. The SMILES string of the molecule is Cc1ccc(I)cc1CN.Cl. The Bertz CT molecular complexity index is 238. The molecule has 1 rings (SSSR count). The first kappa shape index (κ1) is 11.2. The molecule has 3 heteroatoms. The van der Waals surface area contributed by atoms with E-state index < -0.39 is 0 Å². The van der Waals surface area contributed by atoms with E-state index in [1.807, 2.05) is 0 Å².